The van der Waals surface area contributed by atoms with Gasteiger partial charge in [0, 0.05) is 31.9 Å². The van der Waals surface area contributed by atoms with Crippen LogP contribution in [0.1, 0.15) is 6.92 Å². The van der Waals surface area contributed by atoms with Crippen molar-refractivity contribution in [1.29, 1.82) is 0 Å². The monoisotopic (exact) mass is 430 g/mol. The van der Waals surface area contributed by atoms with Crippen LogP contribution in [0.25, 0.3) is 11.6 Å². The molecule has 1 saturated heterocycles. The molecule has 11 nitrogen and oxygen atoms in total. The average molecular weight is 430 g/mol. The highest BCUT2D eigenvalue weighted by atomic mass is 32.2. The fraction of sp³-hybridized carbons (Fsp3) is 0.333. The minimum absolute atomic E-state index is 0.0926. The van der Waals surface area contributed by atoms with Gasteiger partial charge in [-0.1, -0.05) is 23.3 Å². The zero-order valence-corrected chi connectivity index (χ0v) is 17.2. The van der Waals surface area contributed by atoms with E-state index in [1.165, 1.54) is 4.31 Å². The molecule has 158 valence electrons. The Hall–Kier alpha value is -3.25. The van der Waals surface area contributed by atoms with E-state index in [9.17, 15) is 8.42 Å². The standard InChI is InChI=1S/C18H22N8O3S/c1-2-30(27,28)26-10-8-25(9-11-26)14-12-20-16(19)15(22-14)17-23-24-18(29-17)21-13-6-4-3-5-7-13/h3-7,12H,2,8-11H2,1H3,(H2,19,20)(H,21,24). The van der Waals surface area contributed by atoms with Crippen LogP contribution in [0, 0.1) is 0 Å². The summed E-state index contributed by atoms with van der Waals surface area (Å²) in [7, 11) is -3.20. The Morgan fingerprint density at radius 1 is 1.13 bits per heavy atom. The molecular weight excluding hydrogens is 408 g/mol. The SMILES string of the molecule is CCS(=O)(=O)N1CCN(c2cnc(N)c(-c3nnc(Nc4ccccc4)o3)n2)CC1. The lowest BCUT2D eigenvalue weighted by atomic mass is 10.3. The van der Waals surface area contributed by atoms with Crippen LogP contribution in [0.5, 0.6) is 0 Å². The number of piperazine rings is 1. The molecule has 0 saturated carbocycles. The van der Waals surface area contributed by atoms with Gasteiger partial charge in [0.25, 0.3) is 5.89 Å². The average Bonchev–Trinajstić information content (AvgIpc) is 3.23. The molecule has 2 aromatic heterocycles. The van der Waals surface area contributed by atoms with E-state index in [-0.39, 0.29) is 29.2 Å². The van der Waals surface area contributed by atoms with Crippen molar-refractivity contribution in [2.75, 3.05) is 47.9 Å². The van der Waals surface area contributed by atoms with Gasteiger partial charge in [0.2, 0.25) is 10.0 Å². The number of hydrogen-bond donors (Lipinski definition) is 2. The summed E-state index contributed by atoms with van der Waals surface area (Å²) >= 11 is 0. The van der Waals surface area contributed by atoms with E-state index in [4.69, 9.17) is 10.2 Å². The summed E-state index contributed by atoms with van der Waals surface area (Å²) in [6.07, 6.45) is 1.56. The molecule has 0 atom stereocenters. The largest absolute Gasteiger partial charge is 0.401 e. The molecule has 3 heterocycles. The molecule has 30 heavy (non-hydrogen) atoms. The van der Waals surface area contributed by atoms with Crippen LogP contribution in [-0.4, -0.2) is 64.8 Å². The summed E-state index contributed by atoms with van der Waals surface area (Å²) in [6, 6.07) is 9.63. The predicted octanol–water partition coefficient (Wildman–Crippen LogP) is 1.32. The highest BCUT2D eigenvalue weighted by Gasteiger charge is 2.27. The van der Waals surface area contributed by atoms with E-state index in [0.717, 1.165) is 5.69 Å². The number of anilines is 4. The van der Waals surface area contributed by atoms with Crippen LogP contribution >= 0.6 is 0 Å². The summed E-state index contributed by atoms with van der Waals surface area (Å²) in [5.41, 5.74) is 7.07. The fourth-order valence-corrected chi connectivity index (χ4v) is 4.18. The third kappa shape index (κ3) is 4.19. The smallest absolute Gasteiger partial charge is 0.320 e. The van der Waals surface area contributed by atoms with E-state index in [2.05, 4.69) is 25.5 Å². The van der Waals surface area contributed by atoms with E-state index >= 15 is 0 Å². The van der Waals surface area contributed by atoms with Crippen LogP contribution in [0.15, 0.2) is 40.9 Å². The van der Waals surface area contributed by atoms with Crippen LogP contribution in [0.3, 0.4) is 0 Å². The summed E-state index contributed by atoms with van der Waals surface area (Å²) < 4.78 is 31.2. The minimum atomic E-state index is -3.20. The first-order valence-electron chi connectivity index (χ1n) is 9.47. The van der Waals surface area contributed by atoms with Crippen molar-refractivity contribution in [3.8, 4) is 11.6 Å². The Morgan fingerprint density at radius 3 is 2.57 bits per heavy atom. The van der Waals surface area contributed by atoms with Gasteiger partial charge in [0.05, 0.1) is 11.9 Å². The zero-order valence-electron chi connectivity index (χ0n) is 16.4. The minimum Gasteiger partial charge on any atom is -0.401 e. The van der Waals surface area contributed by atoms with Crippen molar-refractivity contribution in [3.05, 3.63) is 36.5 Å². The van der Waals surface area contributed by atoms with Crippen LogP contribution in [0.2, 0.25) is 0 Å². The van der Waals surface area contributed by atoms with Gasteiger partial charge in [0.1, 0.15) is 5.82 Å². The molecule has 0 unspecified atom stereocenters. The fourth-order valence-electron chi connectivity index (χ4n) is 3.09. The Labute approximate surface area is 174 Å². The number of para-hydroxylation sites is 1. The van der Waals surface area contributed by atoms with Crippen LogP contribution in [0.4, 0.5) is 23.3 Å². The molecule has 0 aliphatic carbocycles. The third-order valence-corrected chi connectivity index (χ3v) is 6.64. The van der Waals surface area contributed by atoms with Crippen molar-refractivity contribution in [2.45, 2.75) is 6.92 Å². The number of sulfonamides is 1. The van der Waals surface area contributed by atoms with Gasteiger partial charge >= 0.3 is 6.01 Å². The molecule has 1 aliphatic heterocycles. The van der Waals surface area contributed by atoms with E-state index in [0.29, 0.717) is 32.0 Å². The highest BCUT2D eigenvalue weighted by Crippen LogP contribution is 2.26. The Kier molecular flexibility index (Phi) is 5.50. The normalized spacial score (nSPS) is 15.3. The van der Waals surface area contributed by atoms with Gasteiger partial charge in [-0.15, -0.1) is 5.10 Å². The quantitative estimate of drug-likeness (QED) is 0.587. The number of nitrogens with two attached hydrogens (primary N) is 1. The Balaban J connectivity index is 1.51. The lowest BCUT2D eigenvalue weighted by Crippen LogP contribution is -2.49. The summed E-state index contributed by atoms with van der Waals surface area (Å²) in [4.78, 5) is 10.7. The van der Waals surface area contributed by atoms with E-state index in [1.54, 1.807) is 13.1 Å². The molecule has 0 bridgehead atoms. The topological polar surface area (TPSA) is 143 Å². The number of nitrogens with one attached hydrogen (secondary N) is 1. The number of rotatable bonds is 6. The van der Waals surface area contributed by atoms with Crippen molar-refractivity contribution >= 4 is 33.4 Å². The number of aromatic nitrogens is 4. The first-order chi connectivity index (χ1) is 14.5. The molecule has 3 aromatic rings. The maximum Gasteiger partial charge on any atom is 0.320 e. The van der Waals surface area contributed by atoms with Gasteiger partial charge in [-0.3, -0.25) is 0 Å². The second kappa shape index (κ2) is 8.24. The molecule has 3 N–H and O–H groups in total. The van der Waals surface area contributed by atoms with Crippen LogP contribution < -0.4 is 16.0 Å². The van der Waals surface area contributed by atoms with Crippen LogP contribution in [-0.2, 0) is 10.0 Å². The van der Waals surface area contributed by atoms with Gasteiger partial charge in [-0.05, 0) is 19.1 Å². The first kappa shape index (κ1) is 20.0. The Bertz CT molecular complexity index is 1110. The zero-order chi connectivity index (χ0) is 21.1. The second-order valence-corrected chi connectivity index (χ2v) is 8.91. The maximum atomic E-state index is 12.0. The molecule has 0 spiro atoms. The van der Waals surface area contributed by atoms with E-state index in [1.807, 2.05) is 35.2 Å². The number of hydrogen-bond acceptors (Lipinski definition) is 10. The molecule has 1 fully saturated rings. The molecular formula is C18H22N8O3S. The van der Waals surface area contributed by atoms with E-state index < -0.39 is 10.0 Å². The van der Waals surface area contributed by atoms with Gasteiger partial charge < -0.3 is 20.4 Å². The van der Waals surface area contributed by atoms with Gasteiger partial charge in [-0.25, -0.2) is 18.4 Å². The van der Waals surface area contributed by atoms with Crippen molar-refractivity contribution in [2.24, 2.45) is 0 Å². The number of nitrogen functional groups attached to an aromatic ring is 1. The Morgan fingerprint density at radius 2 is 1.87 bits per heavy atom. The third-order valence-electron chi connectivity index (χ3n) is 4.76. The maximum absolute atomic E-state index is 12.0. The lowest BCUT2D eigenvalue weighted by molar-refractivity contribution is 0.384. The summed E-state index contributed by atoms with van der Waals surface area (Å²) in [5, 5.41) is 11.0. The van der Waals surface area contributed by atoms with Crippen molar-refractivity contribution in [3.63, 3.8) is 0 Å². The molecule has 1 aromatic carbocycles. The summed E-state index contributed by atoms with van der Waals surface area (Å²) in [5.74, 6) is 0.979. The molecule has 0 radical (unpaired) electrons. The number of nitrogens with zero attached hydrogens (tertiary/aromatic N) is 6. The van der Waals surface area contributed by atoms with Crippen molar-refractivity contribution in [1.82, 2.24) is 24.5 Å². The molecule has 1 aliphatic rings. The molecule has 12 heteroatoms. The summed E-state index contributed by atoms with van der Waals surface area (Å²) in [6.45, 7) is 3.43. The lowest BCUT2D eigenvalue weighted by Gasteiger charge is -2.34. The highest BCUT2D eigenvalue weighted by molar-refractivity contribution is 7.89. The van der Waals surface area contributed by atoms with Gasteiger partial charge in [0.15, 0.2) is 11.5 Å². The molecule has 4 rings (SSSR count). The first-order valence-corrected chi connectivity index (χ1v) is 11.1. The number of benzene rings is 1. The second-order valence-electron chi connectivity index (χ2n) is 6.65. The van der Waals surface area contributed by atoms with Gasteiger partial charge in [-0.2, -0.15) is 4.31 Å². The molecule has 0 amide bonds. The predicted molar refractivity (Wildman–Crippen MR) is 113 cm³/mol. The van der Waals surface area contributed by atoms with Crippen molar-refractivity contribution < 1.29 is 12.8 Å².